The first-order valence-corrected chi connectivity index (χ1v) is 8.83. The van der Waals surface area contributed by atoms with Gasteiger partial charge in [0.05, 0.1) is 0 Å². The van der Waals surface area contributed by atoms with Gasteiger partial charge in [0.1, 0.15) is 0 Å². The summed E-state index contributed by atoms with van der Waals surface area (Å²) in [5.41, 5.74) is 3.47. The molecule has 7 nitrogen and oxygen atoms in total. The maximum absolute atomic E-state index is 12.5. The molecule has 1 aliphatic heterocycles. The summed E-state index contributed by atoms with van der Waals surface area (Å²) in [6.45, 7) is 9.74. The van der Waals surface area contributed by atoms with E-state index in [1.165, 1.54) is 0 Å². The number of benzene rings is 1. The molecule has 1 aromatic carbocycles. The van der Waals surface area contributed by atoms with Gasteiger partial charge in [-0.25, -0.2) is 0 Å². The molecule has 0 unspecified atom stereocenters. The molecule has 0 atom stereocenters. The number of hydrogen-bond donors (Lipinski definition) is 3. The number of nitrogens with zero attached hydrogens (tertiary/aromatic N) is 2. The van der Waals surface area contributed by atoms with Crippen LogP contribution in [0.5, 0.6) is 0 Å². The minimum absolute atomic E-state index is 0. The van der Waals surface area contributed by atoms with Crippen molar-refractivity contribution in [3.63, 3.8) is 0 Å². The monoisotopic (exact) mass is 401 g/mol. The Bertz CT molecular complexity index is 850. The van der Waals surface area contributed by atoms with Crippen molar-refractivity contribution in [3.05, 3.63) is 72.1 Å². The van der Waals surface area contributed by atoms with E-state index in [2.05, 4.69) is 34.0 Å². The molecule has 2 aromatic rings. The largest absolute Gasteiger partial charge is 0.331 e. The fourth-order valence-corrected chi connectivity index (χ4v) is 3.03. The molecule has 0 saturated carbocycles. The highest BCUT2D eigenvalue weighted by Crippen LogP contribution is 2.18. The van der Waals surface area contributed by atoms with Crippen LogP contribution >= 0.6 is 12.4 Å². The van der Waals surface area contributed by atoms with Crippen LogP contribution in [-0.2, 0) is 13.0 Å². The zero-order valence-electron chi connectivity index (χ0n) is 15.5. The van der Waals surface area contributed by atoms with Crippen molar-refractivity contribution in [2.45, 2.75) is 13.0 Å². The van der Waals surface area contributed by atoms with Crippen molar-refractivity contribution in [2.75, 3.05) is 25.0 Å². The lowest BCUT2D eigenvalue weighted by molar-refractivity contribution is 0.0790. The summed E-state index contributed by atoms with van der Waals surface area (Å²) in [7, 11) is 0. The quantitative estimate of drug-likeness (QED) is 0.622. The molecule has 3 rings (SSSR count). The van der Waals surface area contributed by atoms with E-state index in [-0.39, 0.29) is 24.2 Å². The van der Waals surface area contributed by atoms with Gasteiger partial charge >= 0.3 is 0 Å². The van der Waals surface area contributed by atoms with Gasteiger partial charge in [-0.15, -0.1) is 25.6 Å². The Labute approximate surface area is 170 Å². The van der Waals surface area contributed by atoms with Crippen LogP contribution in [0.3, 0.4) is 0 Å². The van der Waals surface area contributed by atoms with Gasteiger partial charge in [0.15, 0.2) is 5.69 Å². The zero-order chi connectivity index (χ0) is 19.2. The molecule has 0 saturated heterocycles. The van der Waals surface area contributed by atoms with Crippen LogP contribution in [0.1, 0.15) is 32.1 Å². The molecule has 0 radical (unpaired) electrons. The summed E-state index contributed by atoms with van der Waals surface area (Å²) in [5.74, 6) is -0.379. The van der Waals surface area contributed by atoms with E-state index in [1.807, 2.05) is 0 Å². The second-order valence-electron chi connectivity index (χ2n) is 6.28. The Hall–Kier alpha value is -2.90. The first kappa shape index (κ1) is 21.4. The third-order valence-electron chi connectivity index (χ3n) is 4.40. The van der Waals surface area contributed by atoms with Crippen molar-refractivity contribution in [2.24, 2.45) is 0 Å². The number of rotatable bonds is 7. The van der Waals surface area contributed by atoms with Crippen LogP contribution < -0.4 is 10.6 Å². The first-order valence-electron chi connectivity index (χ1n) is 8.83. The third-order valence-corrected chi connectivity index (χ3v) is 4.40. The molecule has 2 heterocycles. The fourth-order valence-electron chi connectivity index (χ4n) is 3.03. The molecular weight excluding hydrogens is 378 g/mol. The summed E-state index contributed by atoms with van der Waals surface area (Å²) in [6.07, 6.45) is 4.18. The summed E-state index contributed by atoms with van der Waals surface area (Å²) in [4.78, 5) is 26.7. The molecule has 1 aliphatic rings. The number of carbonyl (C=O) groups excluding carboxylic acids is 2. The summed E-state index contributed by atoms with van der Waals surface area (Å²) in [5, 5.41) is 13.2. The molecule has 148 valence electrons. The number of anilines is 1. The number of carbonyl (C=O) groups is 2. The smallest absolute Gasteiger partial charge is 0.276 e. The minimum Gasteiger partial charge on any atom is -0.331 e. The molecule has 3 N–H and O–H groups in total. The number of nitrogens with one attached hydrogen (secondary N) is 3. The van der Waals surface area contributed by atoms with E-state index < -0.39 is 0 Å². The lowest BCUT2D eigenvalue weighted by Gasteiger charge is -2.19. The SMILES string of the molecule is C=CCN(CC=C)C(=O)c1ccc(NC(=O)c2n[nH]c3c2CNCC3)cc1.Cl. The Morgan fingerprint density at radius 1 is 1.18 bits per heavy atom. The average Bonchev–Trinajstić information content (AvgIpc) is 3.12. The predicted molar refractivity (Wildman–Crippen MR) is 112 cm³/mol. The van der Waals surface area contributed by atoms with Crippen molar-refractivity contribution < 1.29 is 9.59 Å². The van der Waals surface area contributed by atoms with Gasteiger partial charge < -0.3 is 15.5 Å². The zero-order valence-corrected chi connectivity index (χ0v) is 16.3. The maximum atomic E-state index is 12.5. The van der Waals surface area contributed by atoms with Crippen LogP contribution in [-0.4, -0.2) is 46.5 Å². The number of halogens is 1. The lowest BCUT2D eigenvalue weighted by atomic mass is 10.1. The normalized spacial score (nSPS) is 12.3. The molecule has 2 amide bonds. The average molecular weight is 402 g/mol. The van der Waals surface area contributed by atoms with Crippen LogP contribution in [0.4, 0.5) is 5.69 Å². The molecular formula is C20H24ClN5O2. The highest BCUT2D eigenvalue weighted by Gasteiger charge is 2.21. The molecule has 1 aromatic heterocycles. The fraction of sp³-hybridized carbons (Fsp3) is 0.250. The Morgan fingerprint density at radius 3 is 2.50 bits per heavy atom. The van der Waals surface area contributed by atoms with Gasteiger partial charge in [0.25, 0.3) is 11.8 Å². The van der Waals surface area contributed by atoms with Crippen molar-refractivity contribution in [3.8, 4) is 0 Å². The van der Waals surface area contributed by atoms with Gasteiger partial charge in [-0.05, 0) is 24.3 Å². The summed E-state index contributed by atoms with van der Waals surface area (Å²) < 4.78 is 0. The Kier molecular flexibility index (Phi) is 7.54. The second kappa shape index (κ2) is 9.87. The van der Waals surface area contributed by atoms with Gasteiger partial charge in [-0.1, -0.05) is 12.2 Å². The van der Waals surface area contributed by atoms with Crippen LogP contribution in [0, 0.1) is 0 Å². The maximum Gasteiger partial charge on any atom is 0.276 e. The number of aromatic nitrogens is 2. The van der Waals surface area contributed by atoms with Gasteiger partial charge in [-0.2, -0.15) is 5.10 Å². The molecule has 0 spiro atoms. The number of amides is 2. The van der Waals surface area contributed by atoms with Crippen molar-refractivity contribution in [1.29, 1.82) is 0 Å². The van der Waals surface area contributed by atoms with Gasteiger partial charge in [0.2, 0.25) is 0 Å². The van der Waals surface area contributed by atoms with Gasteiger partial charge in [-0.3, -0.25) is 14.7 Å². The second-order valence-corrected chi connectivity index (χ2v) is 6.28. The van der Waals surface area contributed by atoms with Crippen molar-refractivity contribution >= 4 is 29.9 Å². The molecule has 0 aliphatic carbocycles. The van der Waals surface area contributed by atoms with E-state index >= 15 is 0 Å². The molecule has 0 bridgehead atoms. The van der Waals surface area contributed by atoms with Crippen LogP contribution in [0.15, 0.2) is 49.6 Å². The lowest BCUT2D eigenvalue weighted by Crippen LogP contribution is -2.31. The van der Waals surface area contributed by atoms with E-state index in [1.54, 1.807) is 41.3 Å². The number of aromatic amines is 1. The highest BCUT2D eigenvalue weighted by atomic mass is 35.5. The third kappa shape index (κ3) is 4.68. The minimum atomic E-state index is -0.268. The van der Waals surface area contributed by atoms with E-state index in [9.17, 15) is 9.59 Å². The summed E-state index contributed by atoms with van der Waals surface area (Å²) >= 11 is 0. The van der Waals surface area contributed by atoms with Gasteiger partial charge in [0, 0.05) is 55.1 Å². The highest BCUT2D eigenvalue weighted by molar-refractivity contribution is 6.04. The van der Waals surface area contributed by atoms with Crippen LogP contribution in [0.25, 0.3) is 0 Å². The number of H-pyrrole nitrogens is 1. The predicted octanol–water partition coefficient (Wildman–Crippen LogP) is 2.54. The molecule has 28 heavy (non-hydrogen) atoms. The van der Waals surface area contributed by atoms with E-state index in [0.29, 0.717) is 36.6 Å². The Morgan fingerprint density at radius 2 is 1.86 bits per heavy atom. The number of hydrogen-bond acceptors (Lipinski definition) is 4. The molecule has 0 fully saturated rings. The first-order chi connectivity index (χ1) is 13.1. The standard InChI is InChI=1S/C20H23N5O2.ClH/c1-3-11-25(12-4-2)20(27)14-5-7-15(8-6-14)22-19(26)18-16-13-21-10-9-17(16)23-24-18;/h3-8,21H,1-2,9-13H2,(H,22,26)(H,23,24);1H. The van der Waals surface area contributed by atoms with Crippen LogP contribution in [0.2, 0.25) is 0 Å². The Balaban J connectivity index is 0.00000280. The topological polar surface area (TPSA) is 90.1 Å². The van der Waals surface area contributed by atoms with E-state index in [4.69, 9.17) is 0 Å². The van der Waals surface area contributed by atoms with E-state index in [0.717, 1.165) is 24.2 Å². The number of fused-ring (bicyclic) bond motifs is 1. The van der Waals surface area contributed by atoms with Crippen molar-refractivity contribution in [1.82, 2.24) is 20.4 Å². The molecule has 8 heteroatoms. The summed E-state index contributed by atoms with van der Waals surface area (Å²) in [6, 6.07) is 6.81.